The predicted molar refractivity (Wildman–Crippen MR) is 134 cm³/mol. The Morgan fingerprint density at radius 3 is 2.62 bits per heavy atom. The number of nitrogens with zero attached hydrogens (tertiary/aromatic N) is 5. The molecule has 5 rings (SSSR count). The summed E-state index contributed by atoms with van der Waals surface area (Å²) in [7, 11) is 1.66. The highest BCUT2D eigenvalue weighted by atomic mass is 32.2. The molecular formula is C24H25N5O3S2. The lowest BCUT2D eigenvalue weighted by atomic mass is 10.2. The van der Waals surface area contributed by atoms with Gasteiger partial charge in [-0.2, -0.15) is 0 Å². The number of benzene rings is 2. The van der Waals surface area contributed by atoms with Gasteiger partial charge in [-0.1, -0.05) is 23.9 Å². The maximum atomic E-state index is 12.7. The van der Waals surface area contributed by atoms with Crippen molar-refractivity contribution in [2.45, 2.75) is 18.1 Å². The van der Waals surface area contributed by atoms with Crippen LogP contribution in [-0.2, 0) is 17.6 Å². The summed E-state index contributed by atoms with van der Waals surface area (Å²) in [5.74, 6) is 1.80. The Balaban J connectivity index is 1.06. The van der Waals surface area contributed by atoms with Crippen LogP contribution in [-0.4, -0.2) is 65.0 Å². The number of hydrogen-bond acceptors (Lipinski definition) is 9. The largest absolute Gasteiger partial charge is 0.497 e. The predicted octanol–water partition coefficient (Wildman–Crippen LogP) is 3.91. The number of hydrogen-bond donors (Lipinski definition) is 0. The summed E-state index contributed by atoms with van der Waals surface area (Å²) < 4.78 is 12.1. The molecule has 1 saturated heterocycles. The number of ether oxygens (including phenoxy) is 1. The van der Waals surface area contributed by atoms with E-state index in [0.717, 1.165) is 41.5 Å². The number of thioether (sulfide) groups is 1. The van der Waals surface area contributed by atoms with Crippen molar-refractivity contribution in [1.82, 2.24) is 20.1 Å². The summed E-state index contributed by atoms with van der Waals surface area (Å²) in [6.07, 6.45) is 1.39. The number of fused-ring (bicyclic) bond motifs is 1. The van der Waals surface area contributed by atoms with Gasteiger partial charge in [-0.05, 0) is 36.4 Å². The van der Waals surface area contributed by atoms with Gasteiger partial charge >= 0.3 is 0 Å². The van der Waals surface area contributed by atoms with Crippen LogP contribution in [0.25, 0.3) is 10.2 Å². The van der Waals surface area contributed by atoms with E-state index >= 15 is 0 Å². The Hall–Kier alpha value is -3.11. The van der Waals surface area contributed by atoms with Crippen molar-refractivity contribution >= 4 is 44.9 Å². The Kier molecular flexibility index (Phi) is 6.96. The maximum absolute atomic E-state index is 12.7. The second kappa shape index (κ2) is 10.4. The zero-order valence-electron chi connectivity index (χ0n) is 18.8. The first kappa shape index (κ1) is 22.7. The number of carbonyl (C=O) groups excluding carboxylic acids is 1. The van der Waals surface area contributed by atoms with E-state index in [9.17, 15) is 4.79 Å². The Morgan fingerprint density at radius 1 is 1.06 bits per heavy atom. The molecule has 3 heterocycles. The van der Waals surface area contributed by atoms with Crippen molar-refractivity contribution in [3.05, 3.63) is 59.4 Å². The minimum absolute atomic E-state index is 0.0913. The molecule has 1 amide bonds. The molecule has 8 nitrogen and oxygen atoms in total. The van der Waals surface area contributed by atoms with Crippen LogP contribution in [0.3, 0.4) is 0 Å². The molecule has 176 valence electrons. The van der Waals surface area contributed by atoms with Gasteiger partial charge < -0.3 is 19.0 Å². The van der Waals surface area contributed by atoms with Gasteiger partial charge in [0.15, 0.2) is 0 Å². The molecule has 2 aromatic heterocycles. The Bertz CT molecular complexity index is 1220. The van der Waals surface area contributed by atoms with Crippen molar-refractivity contribution in [2.75, 3.05) is 43.9 Å². The van der Waals surface area contributed by atoms with Gasteiger partial charge in [-0.25, -0.2) is 4.98 Å². The first-order chi connectivity index (χ1) is 16.7. The van der Waals surface area contributed by atoms with Crippen molar-refractivity contribution in [3.8, 4) is 5.75 Å². The number of rotatable bonds is 8. The first-order valence-corrected chi connectivity index (χ1v) is 12.9. The zero-order chi connectivity index (χ0) is 23.3. The summed E-state index contributed by atoms with van der Waals surface area (Å²) in [6.45, 7) is 3.00. The van der Waals surface area contributed by atoms with Gasteiger partial charge in [0.1, 0.15) is 5.75 Å². The molecule has 34 heavy (non-hydrogen) atoms. The van der Waals surface area contributed by atoms with E-state index in [-0.39, 0.29) is 5.91 Å². The molecule has 1 aliphatic rings. The van der Waals surface area contributed by atoms with Gasteiger partial charge in [0, 0.05) is 44.7 Å². The molecule has 1 fully saturated rings. The van der Waals surface area contributed by atoms with E-state index in [2.05, 4.69) is 38.3 Å². The van der Waals surface area contributed by atoms with Crippen molar-refractivity contribution < 1.29 is 13.9 Å². The number of para-hydroxylation sites is 1. The smallest absolute Gasteiger partial charge is 0.277 e. The molecule has 0 spiro atoms. The zero-order valence-corrected chi connectivity index (χ0v) is 20.5. The quantitative estimate of drug-likeness (QED) is 0.340. The number of piperazine rings is 1. The molecule has 2 aromatic carbocycles. The fourth-order valence-electron chi connectivity index (χ4n) is 3.86. The lowest BCUT2D eigenvalue weighted by molar-refractivity contribution is -0.128. The monoisotopic (exact) mass is 495 g/mol. The Morgan fingerprint density at radius 2 is 1.85 bits per heavy atom. The van der Waals surface area contributed by atoms with Gasteiger partial charge in [-0.15, -0.1) is 21.5 Å². The molecule has 0 aliphatic carbocycles. The molecule has 0 atom stereocenters. The molecule has 0 radical (unpaired) electrons. The summed E-state index contributed by atoms with van der Waals surface area (Å²) in [5.41, 5.74) is 2.17. The lowest BCUT2D eigenvalue weighted by Gasteiger charge is -2.36. The average molecular weight is 496 g/mol. The molecule has 0 unspecified atom stereocenters. The average Bonchev–Trinajstić information content (AvgIpc) is 3.52. The topological polar surface area (TPSA) is 84.6 Å². The fourth-order valence-corrected chi connectivity index (χ4v) is 5.51. The van der Waals surface area contributed by atoms with E-state index in [1.807, 2.05) is 35.2 Å². The highest BCUT2D eigenvalue weighted by Crippen LogP contribution is 2.24. The fraction of sp³-hybridized carbons (Fsp3) is 0.333. The summed E-state index contributed by atoms with van der Waals surface area (Å²) in [6, 6.07) is 16.1. The third kappa shape index (κ3) is 5.34. The minimum Gasteiger partial charge on any atom is -0.497 e. The molecule has 0 N–H and O–H groups in total. The minimum atomic E-state index is 0.0913. The normalized spacial score (nSPS) is 14.0. The SMILES string of the molecule is COc1ccc(N2CCN(C(=O)CSc3nnc(CCc4nc5ccccc5s4)o3)CC2)cc1. The number of thiazole rings is 1. The van der Waals surface area contributed by atoms with E-state index in [0.29, 0.717) is 36.4 Å². The molecule has 10 heteroatoms. The second-order valence-corrected chi connectivity index (χ2v) is 9.93. The maximum Gasteiger partial charge on any atom is 0.277 e. The van der Waals surface area contributed by atoms with Crippen LogP contribution in [0.4, 0.5) is 5.69 Å². The van der Waals surface area contributed by atoms with E-state index in [4.69, 9.17) is 9.15 Å². The summed E-state index contributed by atoms with van der Waals surface area (Å²) >= 11 is 2.99. The van der Waals surface area contributed by atoms with Gasteiger partial charge in [0.2, 0.25) is 11.8 Å². The number of anilines is 1. The number of aromatic nitrogens is 3. The van der Waals surface area contributed by atoms with Crippen LogP contribution < -0.4 is 9.64 Å². The number of aryl methyl sites for hydroxylation is 2. The van der Waals surface area contributed by atoms with Crippen molar-refractivity contribution in [3.63, 3.8) is 0 Å². The summed E-state index contributed by atoms with van der Waals surface area (Å²) in [5, 5.41) is 9.71. The standard InChI is InChI=1S/C24H25N5O3S2/c1-31-18-8-6-17(7-9-18)28-12-14-29(15-13-28)23(30)16-33-24-27-26-21(32-24)10-11-22-25-19-4-2-3-5-20(19)34-22/h2-9H,10-16H2,1H3. The van der Waals surface area contributed by atoms with Crippen LogP contribution in [0.15, 0.2) is 58.2 Å². The van der Waals surface area contributed by atoms with Crippen LogP contribution >= 0.6 is 23.1 Å². The molecule has 0 saturated carbocycles. The number of carbonyl (C=O) groups is 1. The first-order valence-electron chi connectivity index (χ1n) is 11.1. The molecule has 4 aromatic rings. The second-order valence-electron chi connectivity index (χ2n) is 7.89. The highest BCUT2D eigenvalue weighted by molar-refractivity contribution is 7.99. The van der Waals surface area contributed by atoms with E-state index < -0.39 is 0 Å². The Labute approximate surface area is 205 Å². The third-order valence-corrected chi connectivity index (χ3v) is 7.63. The van der Waals surface area contributed by atoms with Crippen molar-refractivity contribution in [1.29, 1.82) is 0 Å². The van der Waals surface area contributed by atoms with Gasteiger partial charge in [-0.3, -0.25) is 4.79 Å². The third-order valence-electron chi connectivity index (χ3n) is 5.73. The lowest BCUT2D eigenvalue weighted by Crippen LogP contribution is -2.49. The molecular weight excluding hydrogens is 470 g/mol. The van der Waals surface area contributed by atoms with Crippen LogP contribution in [0.2, 0.25) is 0 Å². The van der Waals surface area contributed by atoms with Gasteiger partial charge in [0.25, 0.3) is 5.22 Å². The molecule has 0 bridgehead atoms. The number of methoxy groups -OCH3 is 1. The molecule has 1 aliphatic heterocycles. The highest BCUT2D eigenvalue weighted by Gasteiger charge is 2.22. The van der Waals surface area contributed by atoms with Crippen LogP contribution in [0.1, 0.15) is 10.9 Å². The van der Waals surface area contributed by atoms with Crippen LogP contribution in [0.5, 0.6) is 5.75 Å². The van der Waals surface area contributed by atoms with E-state index in [1.165, 1.54) is 16.5 Å². The van der Waals surface area contributed by atoms with E-state index in [1.54, 1.807) is 18.4 Å². The van der Waals surface area contributed by atoms with Crippen molar-refractivity contribution in [2.24, 2.45) is 0 Å². The van der Waals surface area contributed by atoms with Gasteiger partial charge in [0.05, 0.1) is 28.1 Å². The summed E-state index contributed by atoms with van der Waals surface area (Å²) in [4.78, 5) is 21.5. The van der Waals surface area contributed by atoms with Crippen LogP contribution in [0, 0.1) is 0 Å². The number of amides is 1.